The van der Waals surface area contributed by atoms with Gasteiger partial charge < -0.3 is 4.74 Å². The molecule has 4 rings (SSSR count). The van der Waals surface area contributed by atoms with E-state index in [4.69, 9.17) is 10.00 Å². The third kappa shape index (κ3) is 6.07. The molecular weight excluding hydrogens is 451 g/mol. The van der Waals surface area contributed by atoms with E-state index in [0.29, 0.717) is 24.2 Å². The van der Waals surface area contributed by atoms with Crippen LogP contribution in [0.3, 0.4) is 0 Å². The van der Waals surface area contributed by atoms with Crippen LogP contribution in [-0.4, -0.2) is 5.97 Å². The second-order valence-corrected chi connectivity index (χ2v) is 8.31. The van der Waals surface area contributed by atoms with E-state index >= 15 is 0 Å². The summed E-state index contributed by atoms with van der Waals surface area (Å²) in [7, 11) is 0. The molecule has 0 aliphatic carbocycles. The number of halogens is 3. The van der Waals surface area contributed by atoms with E-state index in [-0.39, 0.29) is 29.3 Å². The standard InChI is InChI=1S/C29H22F3NO2/c30-24-11-9-21-16-25(12-10-20(21)15-24)35-29(34)5-3-1-2-4-19-6-13-26(28(32)14-19)22-7-8-23(18-33)27(31)17-22/h6-17H,1-5H2. The highest BCUT2D eigenvalue weighted by Crippen LogP contribution is 2.26. The molecular formula is C29H22F3NO2. The Kier molecular flexibility index (Phi) is 7.47. The van der Waals surface area contributed by atoms with Crippen LogP contribution in [0, 0.1) is 28.8 Å². The number of fused-ring (bicyclic) bond motifs is 1. The van der Waals surface area contributed by atoms with Gasteiger partial charge in [0.25, 0.3) is 0 Å². The molecule has 3 nitrogen and oxygen atoms in total. The summed E-state index contributed by atoms with van der Waals surface area (Å²) in [5, 5.41) is 10.4. The van der Waals surface area contributed by atoms with Crippen LogP contribution in [-0.2, 0) is 11.2 Å². The van der Waals surface area contributed by atoms with Crippen LogP contribution in [0.15, 0.2) is 72.8 Å². The van der Waals surface area contributed by atoms with Crippen molar-refractivity contribution in [2.24, 2.45) is 0 Å². The minimum atomic E-state index is -0.678. The highest BCUT2D eigenvalue weighted by atomic mass is 19.1. The fraction of sp³-hybridized carbons (Fsp3) is 0.172. The summed E-state index contributed by atoms with van der Waals surface area (Å²) in [6, 6.07) is 20.1. The number of unbranched alkanes of at least 4 members (excludes halogenated alkanes) is 2. The average Bonchev–Trinajstić information content (AvgIpc) is 2.84. The Hall–Kier alpha value is -4.11. The van der Waals surface area contributed by atoms with Crippen molar-refractivity contribution in [3.8, 4) is 22.9 Å². The molecule has 0 aliphatic heterocycles. The largest absolute Gasteiger partial charge is 0.427 e. The molecule has 0 atom stereocenters. The van der Waals surface area contributed by atoms with Crippen molar-refractivity contribution in [3.63, 3.8) is 0 Å². The maximum absolute atomic E-state index is 14.6. The average molecular weight is 473 g/mol. The van der Waals surface area contributed by atoms with Crippen LogP contribution >= 0.6 is 0 Å². The van der Waals surface area contributed by atoms with E-state index in [0.717, 1.165) is 35.2 Å². The predicted molar refractivity (Wildman–Crippen MR) is 128 cm³/mol. The lowest BCUT2D eigenvalue weighted by Crippen LogP contribution is -2.07. The molecule has 0 saturated carbocycles. The second-order valence-electron chi connectivity index (χ2n) is 8.31. The molecule has 0 saturated heterocycles. The van der Waals surface area contributed by atoms with Gasteiger partial charge in [0.2, 0.25) is 0 Å². The van der Waals surface area contributed by atoms with Gasteiger partial charge >= 0.3 is 5.97 Å². The van der Waals surface area contributed by atoms with Crippen molar-refractivity contribution in [2.45, 2.75) is 32.1 Å². The van der Waals surface area contributed by atoms with Crippen molar-refractivity contribution in [2.75, 3.05) is 0 Å². The third-order valence-electron chi connectivity index (χ3n) is 5.79. The smallest absolute Gasteiger partial charge is 0.311 e. The van der Waals surface area contributed by atoms with Crippen molar-refractivity contribution in [3.05, 3.63) is 101 Å². The summed E-state index contributed by atoms with van der Waals surface area (Å²) in [5.74, 6) is -1.36. The Morgan fingerprint density at radius 2 is 1.60 bits per heavy atom. The summed E-state index contributed by atoms with van der Waals surface area (Å²) in [6.07, 6.45) is 3.10. The molecule has 0 unspecified atom stereocenters. The van der Waals surface area contributed by atoms with Crippen molar-refractivity contribution in [1.29, 1.82) is 5.26 Å². The number of carbonyl (C=O) groups excluding carboxylic acids is 1. The molecule has 0 amide bonds. The number of rotatable bonds is 8. The molecule has 6 heteroatoms. The van der Waals surface area contributed by atoms with E-state index in [1.807, 2.05) is 0 Å². The monoisotopic (exact) mass is 473 g/mol. The van der Waals surface area contributed by atoms with E-state index in [1.54, 1.807) is 42.5 Å². The Morgan fingerprint density at radius 1 is 0.800 bits per heavy atom. The quantitative estimate of drug-likeness (QED) is 0.151. The van der Waals surface area contributed by atoms with E-state index in [1.165, 1.54) is 30.3 Å². The number of aryl methyl sites for hydroxylation is 1. The Balaban J connectivity index is 1.23. The molecule has 176 valence electrons. The summed E-state index contributed by atoms with van der Waals surface area (Å²) in [5.41, 5.74) is 1.39. The van der Waals surface area contributed by atoms with Gasteiger partial charge in [0.1, 0.15) is 29.3 Å². The number of hydrogen-bond acceptors (Lipinski definition) is 3. The first-order chi connectivity index (χ1) is 16.9. The third-order valence-corrected chi connectivity index (χ3v) is 5.79. The fourth-order valence-corrected chi connectivity index (χ4v) is 3.94. The lowest BCUT2D eigenvalue weighted by molar-refractivity contribution is -0.134. The van der Waals surface area contributed by atoms with Gasteiger partial charge in [-0.1, -0.05) is 36.8 Å². The van der Waals surface area contributed by atoms with Gasteiger partial charge in [0, 0.05) is 12.0 Å². The van der Waals surface area contributed by atoms with Crippen molar-refractivity contribution in [1.82, 2.24) is 0 Å². The number of hydrogen-bond donors (Lipinski definition) is 0. The zero-order valence-corrected chi connectivity index (χ0v) is 18.9. The van der Waals surface area contributed by atoms with Crippen LogP contribution in [0.5, 0.6) is 5.75 Å². The van der Waals surface area contributed by atoms with Gasteiger partial charge in [-0.05, 0) is 83.6 Å². The fourth-order valence-electron chi connectivity index (χ4n) is 3.94. The topological polar surface area (TPSA) is 50.1 Å². The number of nitriles is 1. The Labute approximate surface area is 201 Å². The number of ether oxygens (including phenoxy) is 1. The zero-order valence-electron chi connectivity index (χ0n) is 18.9. The first-order valence-corrected chi connectivity index (χ1v) is 11.3. The SMILES string of the molecule is N#Cc1ccc(-c2ccc(CCCCCC(=O)Oc3ccc4cc(F)ccc4c3)cc2F)cc1F. The van der Waals surface area contributed by atoms with Gasteiger partial charge in [0.05, 0.1) is 5.56 Å². The summed E-state index contributed by atoms with van der Waals surface area (Å²) in [4.78, 5) is 12.1. The van der Waals surface area contributed by atoms with Gasteiger partial charge in [-0.3, -0.25) is 4.79 Å². The first kappa shape index (κ1) is 24.0. The lowest BCUT2D eigenvalue weighted by Gasteiger charge is -2.08. The van der Waals surface area contributed by atoms with E-state index in [2.05, 4.69) is 0 Å². The molecule has 4 aromatic rings. The number of carbonyl (C=O) groups is 1. The maximum Gasteiger partial charge on any atom is 0.311 e. The summed E-state index contributed by atoms with van der Waals surface area (Å²) < 4.78 is 47.1. The molecule has 0 spiro atoms. The van der Waals surface area contributed by atoms with Crippen LogP contribution in [0.1, 0.15) is 36.8 Å². The zero-order chi connectivity index (χ0) is 24.8. The van der Waals surface area contributed by atoms with Crippen LogP contribution in [0.25, 0.3) is 21.9 Å². The number of nitrogens with zero attached hydrogens (tertiary/aromatic N) is 1. The van der Waals surface area contributed by atoms with Crippen molar-refractivity contribution >= 4 is 16.7 Å². The molecule has 0 radical (unpaired) electrons. The van der Waals surface area contributed by atoms with E-state index in [9.17, 15) is 18.0 Å². The molecule has 0 heterocycles. The maximum atomic E-state index is 14.6. The molecule has 4 aromatic carbocycles. The highest BCUT2D eigenvalue weighted by molar-refractivity contribution is 5.84. The van der Waals surface area contributed by atoms with Gasteiger partial charge in [-0.15, -0.1) is 0 Å². The molecule has 0 aromatic heterocycles. The summed E-state index contributed by atoms with van der Waals surface area (Å²) in [6.45, 7) is 0. The van der Waals surface area contributed by atoms with Gasteiger partial charge in [-0.25, -0.2) is 13.2 Å². The highest BCUT2D eigenvalue weighted by Gasteiger charge is 2.10. The van der Waals surface area contributed by atoms with Crippen molar-refractivity contribution < 1.29 is 22.7 Å². The Bertz CT molecular complexity index is 1430. The second kappa shape index (κ2) is 10.9. The lowest BCUT2D eigenvalue weighted by atomic mass is 9.99. The van der Waals surface area contributed by atoms with Crippen LogP contribution in [0.2, 0.25) is 0 Å². The molecule has 0 aliphatic rings. The van der Waals surface area contributed by atoms with Gasteiger partial charge in [0.15, 0.2) is 0 Å². The first-order valence-electron chi connectivity index (χ1n) is 11.3. The summed E-state index contributed by atoms with van der Waals surface area (Å²) >= 11 is 0. The van der Waals surface area contributed by atoms with Crippen LogP contribution in [0.4, 0.5) is 13.2 Å². The molecule has 0 bridgehead atoms. The normalized spacial score (nSPS) is 10.8. The minimum Gasteiger partial charge on any atom is -0.427 e. The minimum absolute atomic E-state index is 0.0800. The number of benzene rings is 4. The van der Waals surface area contributed by atoms with Crippen LogP contribution < -0.4 is 4.74 Å². The molecule has 35 heavy (non-hydrogen) atoms. The van der Waals surface area contributed by atoms with Gasteiger partial charge in [-0.2, -0.15) is 5.26 Å². The molecule has 0 N–H and O–H groups in total. The molecule has 0 fully saturated rings. The Morgan fingerprint density at radius 3 is 2.37 bits per heavy atom. The predicted octanol–water partition coefficient (Wildman–Crippen LogP) is 7.50. The number of esters is 1. The van der Waals surface area contributed by atoms with E-state index < -0.39 is 11.6 Å².